The first-order valence-corrected chi connectivity index (χ1v) is 9.47. The van der Waals surface area contributed by atoms with Crippen LogP contribution in [0.1, 0.15) is 15.9 Å². The second-order valence-electron chi connectivity index (χ2n) is 5.95. The molecular formula is C19H19N3O3S. The zero-order valence-electron chi connectivity index (χ0n) is 14.5. The van der Waals surface area contributed by atoms with Gasteiger partial charge in [-0.2, -0.15) is 0 Å². The summed E-state index contributed by atoms with van der Waals surface area (Å²) in [5.41, 5.74) is 1.77. The Labute approximate surface area is 152 Å². The molecule has 1 heterocycles. The average Bonchev–Trinajstić information content (AvgIpc) is 2.65. The second kappa shape index (κ2) is 7.23. The fourth-order valence-corrected chi connectivity index (χ4v) is 3.78. The fraction of sp³-hybridized carbons (Fsp3) is 0.158. The van der Waals surface area contributed by atoms with Crippen LogP contribution in [0.25, 0.3) is 10.9 Å². The molecule has 0 bridgehead atoms. The number of carbonyl (C=O) groups excluding carboxylic acids is 1. The van der Waals surface area contributed by atoms with Crippen LogP contribution in [-0.4, -0.2) is 37.7 Å². The summed E-state index contributed by atoms with van der Waals surface area (Å²) in [5, 5.41) is 3.56. The van der Waals surface area contributed by atoms with Crippen molar-refractivity contribution in [3.8, 4) is 0 Å². The first-order chi connectivity index (χ1) is 12.4. The minimum Gasteiger partial charge on any atom is -0.348 e. The van der Waals surface area contributed by atoms with Crippen LogP contribution < -0.4 is 5.32 Å². The highest BCUT2D eigenvalue weighted by Gasteiger charge is 2.21. The number of fused-ring (bicyclic) bond motifs is 1. The van der Waals surface area contributed by atoms with Crippen molar-refractivity contribution in [2.45, 2.75) is 11.4 Å². The van der Waals surface area contributed by atoms with Crippen LogP contribution in [0.2, 0.25) is 0 Å². The Morgan fingerprint density at radius 3 is 2.50 bits per heavy atom. The minimum atomic E-state index is -3.58. The van der Waals surface area contributed by atoms with Crippen molar-refractivity contribution in [3.63, 3.8) is 0 Å². The van der Waals surface area contributed by atoms with E-state index in [-0.39, 0.29) is 17.3 Å². The lowest BCUT2D eigenvalue weighted by atomic mass is 10.1. The van der Waals surface area contributed by atoms with Crippen LogP contribution in [0.3, 0.4) is 0 Å². The van der Waals surface area contributed by atoms with Gasteiger partial charge in [-0.05, 0) is 23.8 Å². The number of rotatable bonds is 5. The number of hydrogen-bond acceptors (Lipinski definition) is 4. The third-order valence-corrected chi connectivity index (χ3v) is 5.98. The number of amides is 1. The van der Waals surface area contributed by atoms with E-state index >= 15 is 0 Å². The lowest BCUT2D eigenvalue weighted by molar-refractivity contribution is 0.0952. The van der Waals surface area contributed by atoms with Gasteiger partial charge in [-0.15, -0.1) is 0 Å². The molecular weight excluding hydrogens is 350 g/mol. The highest BCUT2D eigenvalue weighted by molar-refractivity contribution is 7.89. The molecule has 1 N–H and O–H groups in total. The molecule has 0 aliphatic heterocycles. The number of nitrogens with zero attached hydrogens (tertiary/aromatic N) is 2. The first-order valence-electron chi connectivity index (χ1n) is 8.03. The summed E-state index contributed by atoms with van der Waals surface area (Å²) in [7, 11) is -0.623. The SMILES string of the molecule is CN(C)S(=O)(=O)c1ccccc1CNC(=O)c1ccnc2ccccc12. The zero-order valence-corrected chi connectivity index (χ0v) is 15.3. The molecule has 0 saturated carbocycles. The number of aromatic nitrogens is 1. The number of benzene rings is 2. The van der Waals surface area contributed by atoms with Gasteiger partial charge in [-0.3, -0.25) is 9.78 Å². The summed E-state index contributed by atoms with van der Waals surface area (Å²) >= 11 is 0. The monoisotopic (exact) mass is 369 g/mol. The molecule has 3 rings (SSSR count). The predicted octanol–water partition coefficient (Wildman–Crippen LogP) is 2.42. The van der Waals surface area contributed by atoms with E-state index in [9.17, 15) is 13.2 Å². The normalized spacial score (nSPS) is 11.7. The fourth-order valence-electron chi connectivity index (χ4n) is 2.66. The molecule has 0 aliphatic rings. The maximum Gasteiger partial charge on any atom is 0.252 e. The molecule has 0 spiro atoms. The van der Waals surface area contributed by atoms with Gasteiger partial charge < -0.3 is 5.32 Å². The van der Waals surface area contributed by atoms with E-state index in [1.54, 1.807) is 36.5 Å². The number of sulfonamides is 1. The molecule has 7 heteroatoms. The van der Waals surface area contributed by atoms with Gasteiger partial charge in [-0.25, -0.2) is 12.7 Å². The number of pyridine rings is 1. The first kappa shape index (κ1) is 18.0. The Hall–Kier alpha value is -2.77. The van der Waals surface area contributed by atoms with Crippen LogP contribution in [0.15, 0.2) is 65.7 Å². The lowest BCUT2D eigenvalue weighted by Crippen LogP contribution is -2.27. The van der Waals surface area contributed by atoms with E-state index in [1.807, 2.05) is 24.3 Å². The van der Waals surface area contributed by atoms with Gasteiger partial charge in [0.05, 0.1) is 16.0 Å². The van der Waals surface area contributed by atoms with Crippen LogP contribution in [0.5, 0.6) is 0 Å². The van der Waals surface area contributed by atoms with Crippen LogP contribution in [0, 0.1) is 0 Å². The van der Waals surface area contributed by atoms with Crippen molar-refractivity contribution < 1.29 is 13.2 Å². The lowest BCUT2D eigenvalue weighted by Gasteiger charge is -2.15. The van der Waals surface area contributed by atoms with E-state index in [0.29, 0.717) is 11.1 Å². The van der Waals surface area contributed by atoms with Gasteiger partial charge >= 0.3 is 0 Å². The Kier molecular flexibility index (Phi) is 5.01. The highest BCUT2D eigenvalue weighted by atomic mass is 32.2. The van der Waals surface area contributed by atoms with Gasteiger partial charge in [-0.1, -0.05) is 36.4 Å². The molecule has 0 aliphatic carbocycles. The molecule has 134 valence electrons. The van der Waals surface area contributed by atoms with Crippen molar-refractivity contribution in [2.24, 2.45) is 0 Å². The van der Waals surface area contributed by atoms with E-state index in [0.717, 1.165) is 15.2 Å². The molecule has 1 amide bonds. The number of hydrogen-bond donors (Lipinski definition) is 1. The molecule has 0 saturated heterocycles. The molecule has 0 atom stereocenters. The topological polar surface area (TPSA) is 79.4 Å². The zero-order chi connectivity index (χ0) is 18.7. The van der Waals surface area contributed by atoms with Crippen molar-refractivity contribution in [1.29, 1.82) is 0 Å². The third-order valence-electron chi connectivity index (χ3n) is 4.06. The van der Waals surface area contributed by atoms with Crippen molar-refractivity contribution in [2.75, 3.05) is 14.1 Å². The predicted molar refractivity (Wildman–Crippen MR) is 100 cm³/mol. The second-order valence-corrected chi connectivity index (χ2v) is 8.07. The third kappa shape index (κ3) is 3.44. The summed E-state index contributed by atoms with van der Waals surface area (Å²) in [4.78, 5) is 17.1. The van der Waals surface area contributed by atoms with Gasteiger partial charge in [0.1, 0.15) is 0 Å². The van der Waals surface area contributed by atoms with Gasteiger partial charge in [0.2, 0.25) is 10.0 Å². The molecule has 0 unspecified atom stereocenters. The Morgan fingerprint density at radius 1 is 1.04 bits per heavy atom. The minimum absolute atomic E-state index is 0.110. The quantitative estimate of drug-likeness (QED) is 0.749. The van der Waals surface area contributed by atoms with Gasteiger partial charge in [0.15, 0.2) is 0 Å². The number of para-hydroxylation sites is 1. The van der Waals surface area contributed by atoms with Gasteiger partial charge in [0, 0.05) is 32.2 Å². The molecule has 1 aromatic heterocycles. The van der Waals surface area contributed by atoms with E-state index in [2.05, 4.69) is 10.3 Å². The Balaban J connectivity index is 1.87. The summed E-state index contributed by atoms with van der Waals surface area (Å²) in [5.74, 6) is -0.277. The summed E-state index contributed by atoms with van der Waals surface area (Å²) < 4.78 is 26.1. The Bertz CT molecular complexity index is 1060. The van der Waals surface area contributed by atoms with E-state index in [4.69, 9.17) is 0 Å². The smallest absolute Gasteiger partial charge is 0.252 e. The van der Waals surface area contributed by atoms with Crippen LogP contribution >= 0.6 is 0 Å². The van der Waals surface area contributed by atoms with Gasteiger partial charge in [0.25, 0.3) is 5.91 Å². The molecule has 26 heavy (non-hydrogen) atoms. The van der Waals surface area contributed by atoms with E-state index in [1.165, 1.54) is 14.1 Å². The Morgan fingerprint density at radius 2 is 1.73 bits per heavy atom. The average molecular weight is 369 g/mol. The molecule has 6 nitrogen and oxygen atoms in total. The van der Waals surface area contributed by atoms with Crippen molar-refractivity contribution in [3.05, 3.63) is 71.9 Å². The maximum absolute atomic E-state index is 12.6. The standard InChI is InChI=1S/C19H19N3O3S/c1-22(2)26(24,25)18-10-6-3-7-14(18)13-21-19(23)16-11-12-20-17-9-5-4-8-15(16)17/h3-12H,13H2,1-2H3,(H,21,23). The number of carbonyl (C=O) groups is 1. The van der Waals surface area contributed by atoms with Crippen LogP contribution in [-0.2, 0) is 16.6 Å². The maximum atomic E-state index is 12.6. The number of nitrogens with one attached hydrogen (secondary N) is 1. The van der Waals surface area contributed by atoms with Crippen molar-refractivity contribution in [1.82, 2.24) is 14.6 Å². The summed E-state index contributed by atoms with van der Waals surface area (Å²) in [6.45, 7) is 0.110. The molecule has 0 fully saturated rings. The van der Waals surface area contributed by atoms with E-state index < -0.39 is 10.0 Å². The summed E-state index contributed by atoms with van der Waals surface area (Å²) in [6, 6.07) is 15.7. The molecule has 2 aromatic carbocycles. The highest BCUT2D eigenvalue weighted by Crippen LogP contribution is 2.19. The molecule has 0 radical (unpaired) electrons. The molecule has 3 aromatic rings. The van der Waals surface area contributed by atoms with Crippen LogP contribution in [0.4, 0.5) is 0 Å². The summed E-state index contributed by atoms with van der Waals surface area (Å²) in [6.07, 6.45) is 1.59. The van der Waals surface area contributed by atoms with Crippen molar-refractivity contribution >= 4 is 26.8 Å². The largest absolute Gasteiger partial charge is 0.348 e.